The van der Waals surface area contributed by atoms with Gasteiger partial charge in [0, 0.05) is 18.7 Å². The largest absolute Gasteiger partial charge is 0.481 e. The summed E-state index contributed by atoms with van der Waals surface area (Å²) in [7, 11) is 0. The van der Waals surface area contributed by atoms with Crippen molar-refractivity contribution in [1.29, 1.82) is 0 Å². The summed E-state index contributed by atoms with van der Waals surface area (Å²) in [6, 6.07) is 3.97. The number of amides is 1. The number of nitro benzene ring substituents is 1. The summed E-state index contributed by atoms with van der Waals surface area (Å²) in [5.74, 6) is -2.05. The molecule has 112 valence electrons. The highest BCUT2D eigenvalue weighted by Gasteiger charge is 2.40. The fourth-order valence-corrected chi connectivity index (χ4v) is 2.78. The summed E-state index contributed by atoms with van der Waals surface area (Å²) in [5.41, 5.74) is 0.312. The fraction of sp³-hybridized carbons (Fsp3) is 0.429. The number of carbonyl (C=O) groups is 2. The number of carboxylic acids is 1. The molecule has 0 aliphatic carbocycles. The number of nitro groups is 1. The van der Waals surface area contributed by atoms with E-state index in [4.69, 9.17) is 5.11 Å². The molecule has 21 heavy (non-hydrogen) atoms. The molecule has 1 aromatic carbocycles. The van der Waals surface area contributed by atoms with Crippen molar-refractivity contribution in [1.82, 2.24) is 4.90 Å². The first kappa shape index (κ1) is 15.0. The number of rotatable bonds is 3. The molecule has 0 bridgehead atoms. The van der Waals surface area contributed by atoms with E-state index >= 15 is 0 Å². The van der Waals surface area contributed by atoms with Crippen LogP contribution >= 0.6 is 0 Å². The van der Waals surface area contributed by atoms with Crippen LogP contribution in [-0.4, -0.2) is 39.4 Å². The number of likely N-dealkylation sites (tertiary alicyclic amines) is 1. The van der Waals surface area contributed by atoms with Gasteiger partial charge in [-0.05, 0) is 25.8 Å². The van der Waals surface area contributed by atoms with Crippen molar-refractivity contribution in [3.63, 3.8) is 0 Å². The van der Waals surface area contributed by atoms with Crippen LogP contribution in [0.15, 0.2) is 18.2 Å². The average Bonchev–Trinajstić information content (AvgIpc) is 2.79. The highest BCUT2D eigenvalue weighted by Crippen LogP contribution is 2.30. The highest BCUT2D eigenvalue weighted by atomic mass is 16.6. The Hall–Kier alpha value is -2.44. The number of nitrogens with zero attached hydrogens (tertiary/aromatic N) is 2. The number of carboxylic acid groups (broad SMARTS) is 1. The standard InChI is InChI=1S/C14H16N2O5/c1-8-4-3-5-11(16(20)21)12(8)13(17)15-7-6-10(9(15)2)14(18)19/h3-5,9-10H,6-7H2,1-2H3,(H,18,19). The predicted molar refractivity (Wildman–Crippen MR) is 74.1 cm³/mol. The zero-order valence-electron chi connectivity index (χ0n) is 11.8. The number of aryl methyl sites for hydroxylation is 1. The summed E-state index contributed by atoms with van der Waals surface area (Å²) in [5, 5.41) is 20.2. The number of benzene rings is 1. The summed E-state index contributed by atoms with van der Waals surface area (Å²) in [6.07, 6.45) is 0.363. The molecule has 1 fully saturated rings. The van der Waals surface area contributed by atoms with Crippen molar-refractivity contribution in [2.45, 2.75) is 26.3 Å². The number of carbonyl (C=O) groups excluding carboxylic acids is 1. The van der Waals surface area contributed by atoms with E-state index in [2.05, 4.69) is 0 Å². The Balaban J connectivity index is 2.38. The van der Waals surface area contributed by atoms with Crippen molar-refractivity contribution in [3.8, 4) is 0 Å². The smallest absolute Gasteiger partial charge is 0.308 e. The van der Waals surface area contributed by atoms with Crippen molar-refractivity contribution in [3.05, 3.63) is 39.4 Å². The monoisotopic (exact) mass is 292 g/mol. The van der Waals surface area contributed by atoms with Gasteiger partial charge in [-0.1, -0.05) is 12.1 Å². The molecule has 1 N–H and O–H groups in total. The molecule has 1 amide bonds. The van der Waals surface area contributed by atoms with Gasteiger partial charge >= 0.3 is 5.97 Å². The van der Waals surface area contributed by atoms with E-state index in [1.54, 1.807) is 19.9 Å². The second-order valence-corrected chi connectivity index (χ2v) is 5.20. The van der Waals surface area contributed by atoms with Crippen LogP contribution in [0, 0.1) is 23.0 Å². The third kappa shape index (κ3) is 2.58. The minimum Gasteiger partial charge on any atom is -0.481 e. The van der Waals surface area contributed by atoms with E-state index in [1.165, 1.54) is 17.0 Å². The van der Waals surface area contributed by atoms with Gasteiger partial charge in [0.15, 0.2) is 0 Å². The van der Waals surface area contributed by atoms with Gasteiger partial charge < -0.3 is 10.0 Å². The number of hydrogen-bond acceptors (Lipinski definition) is 4. The molecule has 0 spiro atoms. The van der Waals surface area contributed by atoms with Gasteiger partial charge in [-0.25, -0.2) is 0 Å². The summed E-state index contributed by atoms with van der Waals surface area (Å²) in [4.78, 5) is 35.6. The number of hydrogen-bond donors (Lipinski definition) is 1. The van der Waals surface area contributed by atoms with Crippen molar-refractivity contribution in [2.75, 3.05) is 6.54 Å². The number of aliphatic carboxylic acids is 1. The van der Waals surface area contributed by atoms with Crippen molar-refractivity contribution in [2.24, 2.45) is 5.92 Å². The van der Waals surface area contributed by atoms with Gasteiger partial charge in [0.25, 0.3) is 11.6 Å². The van der Waals surface area contributed by atoms with Crippen LogP contribution in [0.1, 0.15) is 29.3 Å². The lowest BCUT2D eigenvalue weighted by Crippen LogP contribution is -2.38. The van der Waals surface area contributed by atoms with Gasteiger partial charge in [0.05, 0.1) is 10.8 Å². The molecule has 2 unspecified atom stereocenters. The molecule has 1 aliphatic heterocycles. The van der Waals surface area contributed by atoms with Gasteiger partial charge in [-0.15, -0.1) is 0 Å². The van der Waals surface area contributed by atoms with Crippen LogP contribution in [0.4, 0.5) is 5.69 Å². The molecule has 7 heteroatoms. The van der Waals surface area contributed by atoms with Crippen LogP contribution in [0.5, 0.6) is 0 Å². The lowest BCUT2D eigenvalue weighted by molar-refractivity contribution is -0.385. The summed E-state index contributed by atoms with van der Waals surface area (Å²) >= 11 is 0. The first-order valence-electron chi connectivity index (χ1n) is 6.62. The average molecular weight is 292 g/mol. The second-order valence-electron chi connectivity index (χ2n) is 5.20. The lowest BCUT2D eigenvalue weighted by Gasteiger charge is -2.23. The first-order chi connectivity index (χ1) is 9.84. The Morgan fingerprint density at radius 2 is 2.10 bits per heavy atom. The van der Waals surface area contributed by atoms with Gasteiger partial charge in [-0.3, -0.25) is 19.7 Å². The molecule has 0 aromatic heterocycles. The van der Waals surface area contributed by atoms with Gasteiger partial charge in [0.1, 0.15) is 5.56 Å². The minimum atomic E-state index is -0.947. The molecular formula is C14H16N2O5. The quantitative estimate of drug-likeness (QED) is 0.676. The topological polar surface area (TPSA) is 101 Å². The molecule has 0 saturated carbocycles. The Morgan fingerprint density at radius 1 is 1.43 bits per heavy atom. The minimum absolute atomic E-state index is 0.0420. The van der Waals surface area contributed by atoms with Crippen LogP contribution < -0.4 is 0 Å². The highest BCUT2D eigenvalue weighted by molar-refractivity contribution is 6.00. The van der Waals surface area contributed by atoms with Crippen molar-refractivity contribution >= 4 is 17.6 Å². The zero-order chi connectivity index (χ0) is 15.7. The molecule has 2 rings (SSSR count). The first-order valence-corrected chi connectivity index (χ1v) is 6.62. The Morgan fingerprint density at radius 3 is 2.62 bits per heavy atom. The molecule has 1 saturated heterocycles. The summed E-state index contributed by atoms with van der Waals surface area (Å²) in [6.45, 7) is 3.59. The molecule has 7 nitrogen and oxygen atoms in total. The normalized spacial score (nSPS) is 21.3. The molecule has 2 atom stereocenters. The second kappa shape index (κ2) is 5.51. The maximum atomic E-state index is 12.6. The maximum Gasteiger partial charge on any atom is 0.308 e. The molecule has 1 heterocycles. The summed E-state index contributed by atoms with van der Waals surface area (Å²) < 4.78 is 0. The van der Waals surface area contributed by atoms with Crippen molar-refractivity contribution < 1.29 is 19.6 Å². The Bertz CT molecular complexity index is 613. The third-order valence-corrected chi connectivity index (χ3v) is 3.99. The fourth-order valence-electron chi connectivity index (χ4n) is 2.78. The Labute approximate surface area is 121 Å². The van der Waals surface area contributed by atoms with E-state index in [0.717, 1.165) is 0 Å². The molecule has 0 radical (unpaired) electrons. The SMILES string of the molecule is Cc1cccc([N+](=O)[O-])c1C(=O)N1CCC(C(=O)O)C1C. The molecule has 1 aliphatic rings. The van der Waals surface area contributed by atoms with Crippen LogP contribution in [0.2, 0.25) is 0 Å². The molecule has 1 aromatic rings. The van der Waals surface area contributed by atoms with Gasteiger partial charge in [-0.2, -0.15) is 0 Å². The Kier molecular flexibility index (Phi) is 3.93. The lowest BCUT2D eigenvalue weighted by atomic mass is 10.0. The predicted octanol–water partition coefficient (Wildman–Crippen LogP) is 1.84. The van der Waals surface area contributed by atoms with Crippen LogP contribution in [-0.2, 0) is 4.79 Å². The van der Waals surface area contributed by atoms with E-state index in [1.807, 2.05) is 0 Å². The third-order valence-electron chi connectivity index (χ3n) is 3.99. The van der Waals surface area contributed by atoms with E-state index in [0.29, 0.717) is 18.5 Å². The van der Waals surface area contributed by atoms with Crippen LogP contribution in [0.3, 0.4) is 0 Å². The van der Waals surface area contributed by atoms with E-state index in [-0.39, 0.29) is 11.3 Å². The molecular weight excluding hydrogens is 276 g/mol. The van der Waals surface area contributed by atoms with E-state index in [9.17, 15) is 19.7 Å². The van der Waals surface area contributed by atoms with Crippen LogP contribution in [0.25, 0.3) is 0 Å². The zero-order valence-corrected chi connectivity index (χ0v) is 11.8. The maximum absolute atomic E-state index is 12.6. The van der Waals surface area contributed by atoms with Gasteiger partial charge in [0.2, 0.25) is 0 Å². The van der Waals surface area contributed by atoms with E-state index < -0.39 is 28.8 Å².